The Balaban J connectivity index is 2.00. The smallest absolute Gasteiger partial charge is 0.234 e. The van der Waals surface area contributed by atoms with Crippen molar-refractivity contribution >= 4 is 11.8 Å². The number of amides is 2. The van der Waals surface area contributed by atoms with E-state index in [4.69, 9.17) is 9.47 Å². The number of likely N-dealkylation sites (N-methyl/N-ethyl adjacent to an activating group) is 1. The van der Waals surface area contributed by atoms with Crippen LogP contribution in [0, 0.1) is 5.92 Å². The van der Waals surface area contributed by atoms with Crippen LogP contribution in [-0.4, -0.2) is 55.1 Å². The van der Waals surface area contributed by atoms with Gasteiger partial charge in [-0.05, 0) is 50.9 Å². The molecule has 0 aromatic heterocycles. The molecule has 2 rings (SSSR count). The number of carbonyl (C=O) groups excluding carboxylic acids is 2. The van der Waals surface area contributed by atoms with Crippen LogP contribution in [0.2, 0.25) is 0 Å². The molecular formula is C22H35N3O4. The molecule has 29 heavy (non-hydrogen) atoms. The zero-order valence-corrected chi connectivity index (χ0v) is 18.5. The van der Waals surface area contributed by atoms with Gasteiger partial charge in [0.2, 0.25) is 11.8 Å². The fourth-order valence-corrected chi connectivity index (χ4v) is 3.25. The molecule has 0 saturated heterocycles. The van der Waals surface area contributed by atoms with Crippen molar-refractivity contribution in [2.45, 2.75) is 53.1 Å². The molecule has 7 nitrogen and oxygen atoms in total. The second-order valence-electron chi connectivity index (χ2n) is 8.79. The van der Waals surface area contributed by atoms with Gasteiger partial charge in [-0.1, -0.05) is 26.8 Å². The van der Waals surface area contributed by atoms with E-state index in [0.717, 1.165) is 11.3 Å². The molecule has 0 bridgehead atoms. The van der Waals surface area contributed by atoms with Crippen LogP contribution in [-0.2, 0) is 9.59 Å². The summed E-state index contributed by atoms with van der Waals surface area (Å²) in [6.45, 7) is 13.9. The molecule has 1 atom stereocenters. The van der Waals surface area contributed by atoms with E-state index in [1.807, 2.05) is 50.8 Å². The van der Waals surface area contributed by atoms with E-state index in [9.17, 15) is 9.59 Å². The summed E-state index contributed by atoms with van der Waals surface area (Å²) < 4.78 is 11.3. The number of fused-ring (bicyclic) bond motifs is 1. The third kappa shape index (κ3) is 7.24. The molecule has 0 spiro atoms. The van der Waals surface area contributed by atoms with Crippen molar-refractivity contribution < 1.29 is 19.1 Å². The standard InChI is InChI=1S/C22H35N3O4/c1-7-25(14-20(27)24-22(4,5)6)13-19(26)23-21(15(2)3)16-8-9-17-18(12-16)29-11-10-28-17/h8-9,12,15,21H,7,10-11,13-14H2,1-6H3,(H,23,26)(H,24,27)/t21-/m0/s1. The normalized spacial score (nSPS) is 14.6. The van der Waals surface area contributed by atoms with Gasteiger partial charge in [0, 0.05) is 5.54 Å². The molecule has 0 unspecified atom stereocenters. The first-order valence-electron chi connectivity index (χ1n) is 10.3. The summed E-state index contributed by atoms with van der Waals surface area (Å²) in [5.41, 5.74) is 0.686. The molecule has 0 fully saturated rings. The number of carbonyl (C=O) groups is 2. The molecule has 2 amide bonds. The predicted octanol–water partition coefficient (Wildman–Crippen LogP) is 2.51. The van der Waals surface area contributed by atoms with Crippen LogP contribution >= 0.6 is 0 Å². The van der Waals surface area contributed by atoms with Gasteiger partial charge in [0.25, 0.3) is 0 Å². The van der Waals surface area contributed by atoms with Crippen molar-refractivity contribution in [2.24, 2.45) is 5.92 Å². The van der Waals surface area contributed by atoms with Gasteiger partial charge in [0.05, 0.1) is 19.1 Å². The third-order valence-electron chi connectivity index (χ3n) is 4.60. The van der Waals surface area contributed by atoms with Gasteiger partial charge in [0.1, 0.15) is 13.2 Å². The first-order valence-corrected chi connectivity index (χ1v) is 10.3. The fraction of sp³-hybridized carbons (Fsp3) is 0.636. The van der Waals surface area contributed by atoms with Crippen LogP contribution in [0.4, 0.5) is 0 Å². The Morgan fingerprint density at radius 1 is 1.07 bits per heavy atom. The van der Waals surface area contributed by atoms with Crippen LogP contribution in [0.15, 0.2) is 18.2 Å². The highest BCUT2D eigenvalue weighted by atomic mass is 16.6. The lowest BCUT2D eigenvalue weighted by Gasteiger charge is -2.27. The van der Waals surface area contributed by atoms with E-state index in [1.165, 1.54) is 0 Å². The predicted molar refractivity (Wildman–Crippen MR) is 113 cm³/mol. The summed E-state index contributed by atoms with van der Waals surface area (Å²) >= 11 is 0. The van der Waals surface area contributed by atoms with Crippen LogP contribution in [0.25, 0.3) is 0 Å². The Morgan fingerprint density at radius 2 is 1.69 bits per heavy atom. The lowest BCUT2D eigenvalue weighted by atomic mass is 9.95. The second kappa shape index (κ2) is 9.96. The summed E-state index contributed by atoms with van der Waals surface area (Å²) in [7, 11) is 0. The van der Waals surface area contributed by atoms with Crippen LogP contribution in [0.3, 0.4) is 0 Å². The monoisotopic (exact) mass is 405 g/mol. The zero-order valence-electron chi connectivity index (χ0n) is 18.5. The summed E-state index contributed by atoms with van der Waals surface area (Å²) in [5.74, 6) is 1.45. The minimum atomic E-state index is -0.292. The van der Waals surface area contributed by atoms with Crippen LogP contribution < -0.4 is 20.1 Å². The van der Waals surface area contributed by atoms with Crippen molar-refractivity contribution in [1.29, 1.82) is 0 Å². The third-order valence-corrected chi connectivity index (χ3v) is 4.60. The van der Waals surface area contributed by atoms with Gasteiger partial charge in [-0.3, -0.25) is 14.5 Å². The number of hydrogen-bond acceptors (Lipinski definition) is 5. The summed E-state index contributed by atoms with van der Waals surface area (Å²) in [6, 6.07) is 5.64. The van der Waals surface area contributed by atoms with E-state index in [1.54, 1.807) is 0 Å². The van der Waals surface area contributed by atoms with Gasteiger partial charge in [-0.25, -0.2) is 0 Å². The number of rotatable bonds is 8. The molecule has 1 heterocycles. The zero-order chi connectivity index (χ0) is 21.6. The van der Waals surface area contributed by atoms with Crippen LogP contribution in [0.5, 0.6) is 11.5 Å². The lowest BCUT2D eigenvalue weighted by molar-refractivity contribution is -0.126. The maximum Gasteiger partial charge on any atom is 0.234 e. The number of ether oxygens (including phenoxy) is 2. The Kier molecular flexibility index (Phi) is 7.90. The number of nitrogens with one attached hydrogen (secondary N) is 2. The van der Waals surface area contributed by atoms with Crippen molar-refractivity contribution in [3.8, 4) is 11.5 Å². The highest BCUT2D eigenvalue weighted by Crippen LogP contribution is 2.34. The molecule has 1 aromatic rings. The molecule has 1 aliphatic rings. The van der Waals surface area contributed by atoms with Crippen molar-refractivity contribution in [1.82, 2.24) is 15.5 Å². The first-order chi connectivity index (χ1) is 13.6. The molecule has 7 heteroatoms. The molecule has 1 aliphatic heterocycles. The lowest BCUT2D eigenvalue weighted by Crippen LogP contribution is -2.48. The Bertz CT molecular complexity index is 712. The van der Waals surface area contributed by atoms with Gasteiger partial charge < -0.3 is 20.1 Å². The molecule has 0 radical (unpaired) electrons. The van der Waals surface area contributed by atoms with Gasteiger partial charge in [-0.15, -0.1) is 0 Å². The minimum Gasteiger partial charge on any atom is -0.486 e. The Labute approximate surface area is 174 Å². The van der Waals surface area contributed by atoms with Gasteiger partial charge >= 0.3 is 0 Å². The maximum absolute atomic E-state index is 12.7. The Hall–Kier alpha value is -2.28. The summed E-state index contributed by atoms with van der Waals surface area (Å²) in [5, 5.41) is 6.05. The van der Waals surface area contributed by atoms with E-state index in [0.29, 0.717) is 25.5 Å². The van der Waals surface area contributed by atoms with E-state index in [2.05, 4.69) is 24.5 Å². The van der Waals surface area contributed by atoms with E-state index in [-0.39, 0.29) is 42.4 Å². The van der Waals surface area contributed by atoms with E-state index < -0.39 is 0 Å². The summed E-state index contributed by atoms with van der Waals surface area (Å²) in [6.07, 6.45) is 0. The largest absolute Gasteiger partial charge is 0.486 e. The molecule has 2 N–H and O–H groups in total. The average Bonchev–Trinajstić information content (AvgIpc) is 2.63. The van der Waals surface area contributed by atoms with Crippen molar-refractivity contribution in [3.05, 3.63) is 23.8 Å². The second-order valence-corrected chi connectivity index (χ2v) is 8.79. The highest BCUT2D eigenvalue weighted by molar-refractivity contribution is 5.81. The fourth-order valence-electron chi connectivity index (χ4n) is 3.25. The average molecular weight is 406 g/mol. The molecule has 0 aliphatic carbocycles. The maximum atomic E-state index is 12.7. The van der Waals surface area contributed by atoms with Crippen molar-refractivity contribution in [3.63, 3.8) is 0 Å². The minimum absolute atomic E-state index is 0.0839. The topological polar surface area (TPSA) is 79.9 Å². The quantitative estimate of drug-likeness (QED) is 0.695. The van der Waals surface area contributed by atoms with Crippen LogP contribution in [0.1, 0.15) is 53.1 Å². The van der Waals surface area contributed by atoms with Gasteiger partial charge in [-0.2, -0.15) is 0 Å². The molecule has 1 aromatic carbocycles. The molecule has 162 valence electrons. The number of benzene rings is 1. The SMILES string of the molecule is CCN(CC(=O)N[C@H](c1ccc2c(c1)OCCO2)C(C)C)CC(=O)NC(C)(C)C. The van der Waals surface area contributed by atoms with Crippen molar-refractivity contribution in [2.75, 3.05) is 32.8 Å². The van der Waals surface area contributed by atoms with Gasteiger partial charge in [0.15, 0.2) is 11.5 Å². The first kappa shape index (κ1) is 23.0. The highest BCUT2D eigenvalue weighted by Gasteiger charge is 2.23. The molecule has 0 saturated carbocycles. The Morgan fingerprint density at radius 3 is 2.28 bits per heavy atom. The van der Waals surface area contributed by atoms with E-state index >= 15 is 0 Å². The number of hydrogen-bond donors (Lipinski definition) is 2. The summed E-state index contributed by atoms with van der Waals surface area (Å²) in [4.78, 5) is 26.7. The number of nitrogens with zero attached hydrogens (tertiary/aromatic N) is 1. The molecular weight excluding hydrogens is 370 g/mol.